The van der Waals surface area contributed by atoms with Crippen molar-refractivity contribution in [1.82, 2.24) is 9.55 Å². The fourth-order valence-corrected chi connectivity index (χ4v) is 4.03. The Morgan fingerprint density at radius 2 is 1.79 bits per heavy atom. The van der Waals surface area contributed by atoms with Crippen LogP contribution in [0, 0.1) is 0 Å². The van der Waals surface area contributed by atoms with E-state index < -0.39 is 5.97 Å². The molecule has 0 aliphatic heterocycles. The van der Waals surface area contributed by atoms with Crippen LogP contribution in [-0.4, -0.2) is 34.8 Å². The molecular formula is C20H21ClN2O4S. The number of aromatic nitrogens is 2. The molecule has 1 heterocycles. The molecule has 28 heavy (non-hydrogen) atoms. The highest BCUT2D eigenvalue weighted by atomic mass is 35.5. The molecule has 8 heteroatoms. The van der Waals surface area contributed by atoms with E-state index in [1.807, 2.05) is 41.1 Å². The number of carboxylic acid groups (broad SMARTS) is 1. The van der Waals surface area contributed by atoms with Gasteiger partial charge in [-0.05, 0) is 36.4 Å². The van der Waals surface area contributed by atoms with Crippen molar-refractivity contribution in [3.63, 3.8) is 0 Å². The number of thioether (sulfide) groups is 1. The number of aromatic carboxylic acids is 1. The van der Waals surface area contributed by atoms with Crippen LogP contribution >= 0.6 is 24.2 Å². The number of methoxy groups -OCH3 is 2. The van der Waals surface area contributed by atoms with Crippen molar-refractivity contribution in [2.75, 3.05) is 14.2 Å². The van der Waals surface area contributed by atoms with Crippen LogP contribution in [0.2, 0.25) is 0 Å². The summed E-state index contributed by atoms with van der Waals surface area (Å²) in [6, 6.07) is 12.6. The number of rotatable bonds is 8. The van der Waals surface area contributed by atoms with Gasteiger partial charge in [0.2, 0.25) is 0 Å². The molecule has 6 nitrogen and oxygen atoms in total. The Hall–Kier alpha value is -2.64. The van der Waals surface area contributed by atoms with Crippen molar-refractivity contribution in [2.45, 2.75) is 16.7 Å². The molecule has 1 atom stereocenters. The Balaban J connectivity index is 0.00000280. The third kappa shape index (κ3) is 4.99. The van der Waals surface area contributed by atoms with Gasteiger partial charge in [0.05, 0.1) is 36.9 Å². The van der Waals surface area contributed by atoms with Crippen LogP contribution in [0.25, 0.3) is 0 Å². The van der Waals surface area contributed by atoms with Gasteiger partial charge in [0, 0.05) is 23.8 Å². The zero-order valence-electron chi connectivity index (χ0n) is 15.4. The number of imidazole rings is 1. The van der Waals surface area contributed by atoms with Crippen LogP contribution in [0.15, 0.2) is 66.1 Å². The summed E-state index contributed by atoms with van der Waals surface area (Å²) in [7, 11) is 3.28. The molecule has 1 aromatic heterocycles. The van der Waals surface area contributed by atoms with Crippen molar-refractivity contribution >= 4 is 30.1 Å². The molecule has 0 amide bonds. The maximum atomic E-state index is 11.1. The van der Waals surface area contributed by atoms with E-state index in [0.29, 0.717) is 6.54 Å². The molecule has 2 aromatic carbocycles. The van der Waals surface area contributed by atoms with Gasteiger partial charge in [-0.3, -0.25) is 0 Å². The van der Waals surface area contributed by atoms with Crippen LogP contribution in [0.5, 0.6) is 11.5 Å². The number of halogens is 1. The SMILES string of the molecule is COc1cccc(OC)c1C(Cn1ccnc1)Sc1ccc(C(=O)O)cc1.Cl. The van der Waals surface area contributed by atoms with Gasteiger partial charge in [0.25, 0.3) is 0 Å². The Morgan fingerprint density at radius 3 is 2.29 bits per heavy atom. The minimum Gasteiger partial charge on any atom is -0.496 e. The summed E-state index contributed by atoms with van der Waals surface area (Å²) < 4.78 is 13.2. The molecule has 3 aromatic rings. The van der Waals surface area contributed by atoms with Gasteiger partial charge < -0.3 is 19.1 Å². The fourth-order valence-electron chi connectivity index (χ4n) is 2.81. The quantitative estimate of drug-likeness (QED) is 0.539. The van der Waals surface area contributed by atoms with Gasteiger partial charge in [-0.1, -0.05) is 6.07 Å². The lowest BCUT2D eigenvalue weighted by Crippen LogP contribution is -2.08. The molecular weight excluding hydrogens is 400 g/mol. The van der Waals surface area contributed by atoms with Crippen molar-refractivity contribution in [3.05, 3.63) is 72.3 Å². The second-order valence-electron chi connectivity index (χ2n) is 5.77. The van der Waals surface area contributed by atoms with Crippen molar-refractivity contribution in [3.8, 4) is 11.5 Å². The fraction of sp³-hybridized carbons (Fsp3) is 0.200. The van der Waals surface area contributed by atoms with Crippen molar-refractivity contribution < 1.29 is 19.4 Å². The second-order valence-corrected chi connectivity index (χ2v) is 7.05. The maximum absolute atomic E-state index is 11.1. The first-order chi connectivity index (χ1) is 13.1. The minimum absolute atomic E-state index is 0. The van der Waals surface area contributed by atoms with Gasteiger partial charge in [-0.15, -0.1) is 24.2 Å². The van der Waals surface area contributed by atoms with Gasteiger partial charge in [-0.2, -0.15) is 0 Å². The van der Waals surface area contributed by atoms with Crippen LogP contribution in [0.1, 0.15) is 21.2 Å². The average Bonchev–Trinajstić information content (AvgIpc) is 3.20. The number of ether oxygens (including phenoxy) is 2. The maximum Gasteiger partial charge on any atom is 0.335 e. The largest absolute Gasteiger partial charge is 0.496 e. The summed E-state index contributed by atoms with van der Waals surface area (Å²) in [6.07, 6.45) is 5.41. The number of hydrogen-bond donors (Lipinski definition) is 1. The number of hydrogen-bond acceptors (Lipinski definition) is 5. The number of nitrogens with zero attached hydrogens (tertiary/aromatic N) is 2. The van der Waals surface area contributed by atoms with Crippen LogP contribution in [0.3, 0.4) is 0 Å². The highest BCUT2D eigenvalue weighted by Gasteiger charge is 2.23. The van der Waals surface area contributed by atoms with E-state index in [1.165, 1.54) is 0 Å². The lowest BCUT2D eigenvalue weighted by Gasteiger charge is -2.22. The molecule has 3 rings (SSSR count). The van der Waals surface area contributed by atoms with Crippen molar-refractivity contribution in [2.24, 2.45) is 0 Å². The average molecular weight is 421 g/mol. The van der Waals surface area contributed by atoms with E-state index in [9.17, 15) is 4.79 Å². The monoisotopic (exact) mass is 420 g/mol. The Kier molecular flexibility index (Phi) is 7.78. The van der Waals surface area contributed by atoms with E-state index in [-0.39, 0.29) is 23.2 Å². The first kappa shape index (κ1) is 21.7. The standard InChI is InChI=1S/C20H20N2O4S.ClH/c1-25-16-4-3-5-17(26-2)19(16)18(12-22-11-10-21-13-22)27-15-8-6-14(7-9-15)20(23)24;/h3-11,13,18H,12H2,1-2H3,(H,23,24);1H. The smallest absolute Gasteiger partial charge is 0.335 e. The molecule has 1 unspecified atom stereocenters. The minimum atomic E-state index is -0.937. The van der Waals surface area contributed by atoms with E-state index >= 15 is 0 Å². The molecule has 0 aliphatic carbocycles. The summed E-state index contributed by atoms with van der Waals surface area (Å²) in [4.78, 5) is 16.2. The van der Waals surface area contributed by atoms with Gasteiger partial charge in [0.15, 0.2) is 0 Å². The molecule has 0 aliphatic rings. The number of benzene rings is 2. The molecule has 0 saturated carbocycles. The summed E-state index contributed by atoms with van der Waals surface area (Å²) in [6.45, 7) is 0.655. The van der Waals surface area contributed by atoms with Gasteiger partial charge >= 0.3 is 5.97 Å². The molecule has 0 radical (unpaired) electrons. The summed E-state index contributed by atoms with van der Waals surface area (Å²) >= 11 is 1.62. The van der Waals surface area contributed by atoms with E-state index in [1.54, 1.807) is 50.6 Å². The Bertz CT molecular complexity index is 879. The molecule has 0 saturated heterocycles. The first-order valence-corrected chi connectivity index (χ1v) is 9.17. The lowest BCUT2D eigenvalue weighted by atomic mass is 10.1. The summed E-state index contributed by atoms with van der Waals surface area (Å²) in [5, 5.41) is 9.07. The zero-order chi connectivity index (χ0) is 19.2. The highest BCUT2D eigenvalue weighted by molar-refractivity contribution is 7.99. The summed E-state index contributed by atoms with van der Waals surface area (Å²) in [5.41, 5.74) is 1.21. The van der Waals surface area contributed by atoms with Gasteiger partial charge in [0.1, 0.15) is 11.5 Å². The Labute approximate surface area is 173 Å². The van der Waals surface area contributed by atoms with Crippen LogP contribution in [-0.2, 0) is 6.54 Å². The van der Waals surface area contributed by atoms with Crippen molar-refractivity contribution in [1.29, 1.82) is 0 Å². The topological polar surface area (TPSA) is 73.6 Å². The normalized spacial score (nSPS) is 11.4. The first-order valence-electron chi connectivity index (χ1n) is 8.29. The van der Waals surface area contributed by atoms with Crippen LogP contribution in [0.4, 0.5) is 0 Å². The predicted octanol–water partition coefficient (Wildman–Crippen LogP) is 4.55. The summed E-state index contributed by atoms with van der Waals surface area (Å²) in [5.74, 6) is 0.552. The molecule has 0 spiro atoms. The molecule has 1 N–H and O–H groups in total. The van der Waals surface area contributed by atoms with E-state index in [2.05, 4.69) is 4.98 Å². The lowest BCUT2D eigenvalue weighted by molar-refractivity contribution is 0.0697. The molecule has 0 fully saturated rings. The number of carbonyl (C=O) groups is 1. The second kappa shape index (κ2) is 10.1. The third-order valence-electron chi connectivity index (χ3n) is 4.10. The molecule has 0 bridgehead atoms. The predicted molar refractivity (Wildman–Crippen MR) is 111 cm³/mol. The third-order valence-corrected chi connectivity index (χ3v) is 5.32. The molecule has 148 valence electrons. The van der Waals surface area contributed by atoms with Gasteiger partial charge in [-0.25, -0.2) is 9.78 Å². The van der Waals surface area contributed by atoms with E-state index in [0.717, 1.165) is 22.0 Å². The Morgan fingerprint density at radius 1 is 1.14 bits per heavy atom. The number of carboxylic acids is 1. The zero-order valence-corrected chi connectivity index (χ0v) is 17.1. The van der Waals surface area contributed by atoms with Crippen LogP contribution < -0.4 is 9.47 Å². The van der Waals surface area contributed by atoms with E-state index in [4.69, 9.17) is 14.6 Å². The highest BCUT2D eigenvalue weighted by Crippen LogP contribution is 2.45.